The van der Waals surface area contributed by atoms with E-state index in [9.17, 15) is 9.59 Å². The fraction of sp³-hybridized carbons (Fsp3) is 0.385. The molecule has 0 amide bonds. The van der Waals surface area contributed by atoms with Gasteiger partial charge in [-0.15, -0.1) is 0 Å². The molecule has 0 bridgehead atoms. The number of rotatable bonds is 7. The lowest BCUT2D eigenvalue weighted by atomic mass is 10.2. The van der Waals surface area contributed by atoms with Crippen LogP contribution in [0.25, 0.3) is 0 Å². The van der Waals surface area contributed by atoms with E-state index >= 15 is 0 Å². The summed E-state index contributed by atoms with van der Waals surface area (Å²) in [6, 6.07) is 9.34. The topological polar surface area (TPSA) is 61.8 Å². The molecule has 0 saturated heterocycles. The van der Waals surface area contributed by atoms with Crippen molar-refractivity contribution in [1.29, 1.82) is 0 Å². The zero-order chi connectivity index (χ0) is 13.4. The number of esters is 1. The smallest absolute Gasteiger partial charge is 0.338 e. The third kappa shape index (κ3) is 3.94. The molecule has 1 rings (SSSR count). The highest BCUT2D eigenvalue weighted by molar-refractivity contribution is 5.80. The summed E-state index contributed by atoms with van der Waals surface area (Å²) in [5.41, 5.74) is 0.907. The summed E-state index contributed by atoms with van der Waals surface area (Å²) < 4.78 is 14.8. The van der Waals surface area contributed by atoms with Crippen molar-refractivity contribution in [3.63, 3.8) is 0 Å². The van der Waals surface area contributed by atoms with Crippen molar-refractivity contribution < 1.29 is 23.8 Å². The molecular weight excluding hydrogens is 236 g/mol. The van der Waals surface area contributed by atoms with Crippen molar-refractivity contribution >= 4 is 12.3 Å². The SMILES string of the molecule is COC(=O)[C@H](OC)[C@@H](C=O)OCc1ccccc1. The van der Waals surface area contributed by atoms with Gasteiger partial charge in [0.25, 0.3) is 0 Å². The van der Waals surface area contributed by atoms with Crippen molar-refractivity contribution in [3.05, 3.63) is 35.9 Å². The van der Waals surface area contributed by atoms with Crippen molar-refractivity contribution in [2.75, 3.05) is 14.2 Å². The summed E-state index contributed by atoms with van der Waals surface area (Å²) in [6.07, 6.45) is -1.49. The largest absolute Gasteiger partial charge is 0.467 e. The van der Waals surface area contributed by atoms with Gasteiger partial charge in [-0.25, -0.2) is 4.79 Å². The van der Waals surface area contributed by atoms with Crippen LogP contribution in [0.1, 0.15) is 5.56 Å². The highest BCUT2D eigenvalue weighted by Gasteiger charge is 2.29. The molecule has 0 heterocycles. The van der Waals surface area contributed by atoms with Crippen molar-refractivity contribution in [2.45, 2.75) is 18.8 Å². The molecule has 0 saturated carbocycles. The maximum absolute atomic E-state index is 11.4. The Hall–Kier alpha value is -1.72. The van der Waals surface area contributed by atoms with Gasteiger partial charge in [-0.3, -0.25) is 0 Å². The van der Waals surface area contributed by atoms with Gasteiger partial charge in [0.15, 0.2) is 12.4 Å². The normalized spacial score (nSPS) is 13.7. The van der Waals surface area contributed by atoms with Gasteiger partial charge in [0.2, 0.25) is 0 Å². The van der Waals surface area contributed by atoms with Crippen molar-refractivity contribution in [3.8, 4) is 0 Å². The minimum atomic E-state index is -1.05. The van der Waals surface area contributed by atoms with E-state index in [2.05, 4.69) is 4.74 Å². The molecule has 0 unspecified atom stereocenters. The second-order valence-corrected chi connectivity index (χ2v) is 3.58. The molecule has 0 aliphatic carbocycles. The highest BCUT2D eigenvalue weighted by Crippen LogP contribution is 2.08. The lowest BCUT2D eigenvalue weighted by Crippen LogP contribution is -2.39. The van der Waals surface area contributed by atoms with Crippen molar-refractivity contribution in [1.82, 2.24) is 0 Å². The van der Waals surface area contributed by atoms with Crippen LogP contribution in [0.4, 0.5) is 0 Å². The second-order valence-electron chi connectivity index (χ2n) is 3.58. The number of ether oxygens (including phenoxy) is 3. The van der Waals surface area contributed by atoms with Crippen LogP contribution in [0.15, 0.2) is 30.3 Å². The minimum Gasteiger partial charge on any atom is -0.467 e. The van der Waals surface area contributed by atoms with Gasteiger partial charge in [0.05, 0.1) is 13.7 Å². The van der Waals surface area contributed by atoms with Gasteiger partial charge in [-0.05, 0) is 5.56 Å². The molecule has 1 aromatic carbocycles. The van der Waals surface area contributed by atoms with Gasteiger partial charge >= 0.3 is 5.97 Å². The molecular formula is C13H16O5. The van der Waals surface area contributed by atoms with E-state index < -0.39 is 18.2 Å². The summed E-state index contributed by atoms with van der Waals surface area (Å²) in [5, 5.41) is 0. The van der Waals surface area contributed by atoms with E-state index in [0.29, 0.717) is 6.29 Å². The molecule has 5 nitrogen and oxygen atoms in total. The Balaban J connectivity index is 2.61. The fourth-order valence-electron chi connectivity index (χ4n) is 1.45. The maximum Gasteiger partial charge on any atom is 0.338 e. The first-order chi connectivity index (χ1) is 8.72. The summed E-state index contributed by atoms with van der Waals surface area (Å²) in [4.78, 5) is 22.3. The van der Waals surface area contributed by atoms with E-state index in [-0.39, 0.29) is 6.61 Å². The van der Waals surface area contributed by atoms with Gasteiger partial charge in [-0.2, -0.15) is 0 Å². The summed E-state index contributed by atoms with van der Waals surface area (Å²) in [7, 11) is 2.55. The summed E-state index contributed by atoms with van der Waals surface area (Å²) in [6.45, 7) is 0.223. The van der Waals surface area contributed by atoms with Crippen LogP contribution in [0.2, 0.25) is 0 Å². The molecule has 0 N–H and O–H groups in total. The molecule has 1 aromatic rings. The Morgan fingerprint density at radius 2 is 1.94 bits per heavy atom. The number of benzene rings is 1. The second kappa shape index (κ2) is 7.58. The molecule has 0 radical (unpaired) electrons. The highest BCUT2D eigenvalue weighted by atomic mass is 16.6. The van der Waals surface area contributed by atoms with E-state index in [4.69, 9.17) is 9.47 Å². The van der Waals surface area contributed by atoms with Crippen LogP contribution in [0, 0.1) is 0 Å². The zero-order valence-corrected chi connectivity index (χ0v) is 10.4. The zero-order valence-electron chi connectivity index (χ0n) is 10.4. The molecule has 98 valence electrons. The summed E-state index contributed by atoms with van der Waals surface area (Å²) >= 11 is 0. The minimum absolute atomic E-state index is 0.223. The molecule has 0 aliphatic rings. The van der Waals surface area contributed by atoms with Crippen LogP contribution in [0.3, 0.4) is 0 Å². The lowest BCUT2D eigenvalue weighted by molar-refractivity contribution is -0.165. The molecule has 5 heteroatoms. The molecule has 18 heavy (non-hydrogen) atoms. The van der Waals surface area contributed by atoms with E-state index in [1.807, 2.05) is 30.3 Å². The van der Waals surface area contributed by atoms with Gasteiger partial charge in [0, 0.05) is 7.11 Å². The first-order valence-electron chi connectivity index (χ1n) is 5.44. The Morgan fingerprint density at radius 1 is 1.28 bits per heavy atom. The van der Waals surface area contributed by atoms with E-state index in [1.165, 1.54) is 14.2 Å². The fourth-order valence-corrected chi connectivity index (χ4v) is 1.45. The predicted octanol–water partition coefficient (Wildman–Crippen LogP) is 0.959. The number of aldehydes is 1. The van der Waals surface area contributed by atoms with Crippen LogP contribution in [0.5, 0.6) is 0 Å². The van der Waals surface area contributed by atoms with Gasteiger partial charge < -0.3 is 19.0 Å². The Bertz CT molecular complexity index is 376. The van der Waals surface area contributed by atoms with E-state index in [0.717, 1.165) is 5.56 Å². The number of methoxy groups -OCH3 is 2. The summed E-state index contributed by atoms with van der Waals surface area (Å²) in [5.74, 6) is -0.636. The first kappa shape index (κ1) is 14.3. The maximum atomic E-state index is 11.4. The number of carbonyl (C=O) groups excluding carboxylic acids is 2. The molecule has 0 fully saturated rings. The molecule has 2 atom stereocenters. The van der Waals surface area contributed by atoms with Crippen LogP contribution in [-0.4, -0.2) is 38.7 Å². The van der Waals surface area contributed by atoms with Gasteiger partial charge in [-0.1, -0.05) is 30.3 Å². The Labute approximate surface area is 106 Å². The van der Waals surface area contributed by atoms with Crippen LogP contribution in [-0.2, 0) is 30.4 Å². The standard InChI is InChI=1S/C13H16O5/c1-16-12(13(15)17-2)11(8-14)18-9-10-6-4-3-5-7-10/h3-8,11-12H,9H2,1-2H3/t11-,12-/m1/s1. The van der Waals surface area contributed by atoms with E-state index in [1.54, 1.807) is 0 Å². The lowest BCUT2D eigenvalue weighted by Gasteiger charge is -2.19. The third-order valence-electron chi connectivity index (χ3n) is 2.41. The Morgan fingerprint density at radius 3 is 2.44 bits per heavy atom. The molecule has 0 aliphatic heterocycles. The first-order valence-corrected chi connectivity index (χ1v) is 5.44. The number of hydrogen-bond acceptors (Lipinski definition) is 5. The average Bonchev–Trinajstić information content (AvgIpc) is 2.43. The third-order valence-corrected chi connectivity index (χ3v) is 2.41. The molecule has 0 spiro atoms. The quantitative estimate of drug-likeness (QED) is 0.534. The molecule has 0 aromatic heterocycles. The number of carbonyl (C=O) groups is 2. The monoisotopic (exact) mass is 252 g/mol. The predicted molar refractivity (Wildman–Crippen MR) is 63.9 cm³/mol. The van der Waals surface area contributed by atoms with Crippen molar-refractivity contribution in [2.24, 2.45) is 0 Å². The van der Waals surface area contributed by atoms with Gasteiger partial charge in [0.1, 0.15) is 6.10 Å². The Kier molecular flexibility index (Phi) is 6.04. The van der Waals surface area contributed by atoms with Crippen LogP contribution < -0.4 is 0 Å². The van der Waals surface area contributed by atoms with Crippen LogP contribution >= 0.6 is 0 Å². The average molecular weight is 252 g/mol. The number of hydrogen-bond donors (Lipinski definition) is 0.